The van der Waals surface area contributed by atoms with Crippen LogP contribution in [0.2, 0.25) is 0 Å². The van der Waals surface area contributed by atoms with Crippen LogP contribution < -0.4 is 5.56 Å². The van der Waals surface area contributed by atoms with Crippen molar-refractivity contribution in [2.45, 2.75) is 32.1 Å². The smallest absolute Gasteiger partial charge is 0.256 e. The lowest BCUT2D eigenvalue weighted by atomic mass is 9.91. The topological polar surface area (TPSA) is 54.3 Å². The van der Waals surface area contributed by atoms with E-state index in [4.69, 9.17) is 0 Å². The Morgan fingerprint density at radius 2 is 1.96 bits per heavy atom. The molecule has 1 aliphatic rings. The molecule has 0 amide bonds. The van der Waals surface area contributed by atoms with Crippen molar-refractivity contribution in [1.29, 1.82) is 0 Å². The standard InChI is InChI=1S/C19H18N2O2/c1-12-6-5-9-15-17(12)20-19-14(10-11-16(22)21(15)19)18(23)13-7-3-2-4-8-13/h2-4,7-8,10-12,20H,5-6,9H2,1H3. The lowest BCUT2D eigenvalue weighted by Crippen LogP contribution is -2.18. The van der Waals surface area contributed by atoms with Gasteiger partial charge in [0.25, 0.3) is 5.56 Å². The van der Waals surface area contributed by atoms with Gasteiger partial charge in [0.1, 0.15) is 5.65 Å². The Labute approximate surface area is 133 Å². The van der Waals surface area contributed by atoms with Gasteiger partial charge in [-0.15, -0.1) is 0 Å². The van der Waals surface area contributed by atoms with E-state index in [-0.39, 0.29) is 11.3 Å². The van der Waals surface area contributed by atoms with Crippen LogP contribution in [0.4, 0.5) is 0 Å². The second-order valence-corrected chi connectivity index (χ2v) is 6.24. The number of pyridine rings is 1. The van der Waals surface area contributed by atoms with Crippen LogP contribution in [-0.2, 0) is 6.42 Å². The van der Waals surface area contributed by atoms with Gasteiger partial charge in [0, 0.05) is 23.0 Å². The molecule has 1 N–H and O–H groups in total. The van der Waals surface area contributed by atoms with Gasteiger partial charge in [0.15, 0.2) is 5.78 Å². The van der Waals surface area contributed by atoms with Gasteiger partial charge < -0.3 is 4.98 Å². The Hall–Kier alpha value is -2.62. The van der Waals surface area contributed by atoms with Gasteiger partial charge in [0.05, 0.1) is 5.56 Å². The third-order valence-corrected chi connectivity index (χ3v) is 4.75. The van der Waals surface area contributed by atoms with E-state index in [1.165, 1.54) is 6.07 Å². The molecular weight excluding hydrogens is 288 g/mol. The molecule has 2 aromatic heterocycles. The molecule has 0 saturated heterocycles. The fourth-order valence-electron chi connectivity index (χ4n) is 3.55. The molecule has 3 aromatic rings. The number of H-pyrrole nitrogens is 1. The molecule has 1 atom stereocenters. The van der Waals surface area contributed by atoms with Crippen molar-refractivity contribution in [2.24, 2.45) is 0 Å². The van der Waals surface area contributed by atoms with Crippen LogP contribution in [0.15, 0.2) is 47.3 Å². The molecule has 4 nitrogen and oxygen atoms in total. The van der Waals surface area contributed by atoms with E-state index in [1.807, 2.05) is 18.2 Å². The summed E-state index contributed by atoms with van der Waals surface area (Å²) >= 11 is 0. The average molecular weight is 306 g/mol. The van der Waals surface area contributed by atoms with Crippen LogP contribution >= 0.6 is 0 Å². The number of aryl methyl sites for hydroxylation is 1. The number of fused-ring (bicyclic) bond motifs is 3. The normalized spacial score (nSPS) is 17.2. The summed E-state index contributed by atoms with van der Waals surface area (Å²) in [7, 11) is 0. The van der Waals surface area contributed by atoms with Gasteiger partial charge in [-0.2, -0.15) is 0 Å². The minimum absolute atomic E-state index is 0.0608. The number of imidazole rings is 1. The van der Waals surface area contributed by atoms with E-state index >= 15 is 0 Å². The number of hydrogen-bond acceptors (Lipinski definition) is 2. The maximum absolute atomic E-state index is 12.8. The first kappa shape index (κ1) is 14.0. The summed E-state index contributed by atoms with van der Waals surface area (Å²) in [6.07, 6.45) is 3.06. The number of carbonyl (C=O) groups excluding carboxylic acids is 1. The van der Waals surface area contributed by atoms with Crippen molar-refractivity contribution in [3.63, 3.8) is 0 Å². The maximum atomic E-state index is 12.8. The lowest BCUT2D eigenvalue weighted by Gasteiger charge is -2.17. The summed E-state index contributed by atoms with van der Waals surface area (Å²) in [6.45, 7) is 2.16. The van der Waals surface area contributed by atoms with Crippen molar-refractivity contribution >= 4 is 11.4 Å². The second kappa shape index (κ2) is 5.23. The van der Waals surface area contributed by atoms with E-state index < -0.39 is 0 Å². The molecule has 0 saturated carbocycles. The molecule has 0 bridgehead atoms. The van der Waals surface area contributed by atoms with E-state index in [0.29, 0.717) is 22.7 Å². The van der Waals surface area contributed by atoms with Gasteiger partial charge in [-0.25, -0.2) is 0 Å². The first-order chi connectivity index (χ1) is 11.2. The highest BCUT2D eigenvalue weighted by Gasteiger charge is 2.24. The van der Waals surface area contributed by atoms with Gasteiger partial charge in [-0.3, -0.25) is 14.0 Å². The molecule has 0 spiro atoms. The molecule has 1 aliphatic carbocycles. The Morgan fingerprint density at radius 3 is 2.74 bits per heavy atom. The SMILES string of the molecule is CC1CCCc2c1[nH]c1c(C(=O)c3ccccc3)ccc(=O)n21. The van der Waals surface area contributed by atoms with Gasteiger partial charge >= 0.3 is 0 Å². The predicted octanol–water partition coefficient (Wildman–Crippen LogP) is 3.30. The largest absolute Gasteiger partial charge is 0.342 e. The highest BCUT2D eigenvalue weighted by atomic mass is 16.1. The van der Waals surface area contributed by atoms with Crippen molar-refractivity contribution in [2.75, 3.05) is 0 Å². The minimum Gasteiger partial charge on any atom is -0.342 e. The van der Waals surface area contributed by atoms with E-state index in [1.54, 1.807) is 22.6 Å². The molecular formula is C19H18N2O2. The van der Waals surface area contributed by atoms with Gasteiger partial charge in [-0.1, -0.05) is 37.3 Å². The maximum Gasteiger partial charge on any atom is 0.256 e. The summed E-state index contributed by atoms with van der Waals surface area (Å²) in [6, 6.07) is 12.3. The molecule has 0 aliphatic heterocycles. The summed E-state index contributed by atoms with van der Waals surface area (Å²) in [5, 5.41) is 0. The van der Waals surface area contributed by atoms with E-state index in [9.17, 15) is 9.59 Å². The highest BCUT2D eigenvalue weighted by Crippen LogP contribution is 2.31. The number of ketones is 1. The lowest BCUT2D eigenvalue weighted by molar-refractivity contribution is 0.104. The quantitative estimate of drug-likeness (QED) is 0.739. The molecule has 1 unspecified atom stereocenters. The molecule has 116 valence electrons. The molecule has 2 heterocycles. The zero-order valence-corrected chi connectivity index (χ0v) is 13.0. The highest BCUT2D eigenvalue weighted by molar-refractivity contribution is 6.12. The van der Waals surface area contributed by atoms with Crippen LogP contribution in [-0.4, -0.2) is 15.2 Å². The summed E-state index contributed by atoms with van der Waals surface area (Å²) in [4.78, 5) is 28.6. The fraction of sp³-hybridized carbons (Fsp3) is 0.263. The number of carbonyl (C=O) groups is 1. The monoisotopic (exact) mass is 306 g/mol. The van der Waals surface area contributed by atoms with Gasteiger partial charge in [0.2, 0.25) is 0 Å². The van der Waals surface area contributed by atoms with Crippen LogP contribution in [0, 0.1) is 0 Å². The fourth-order valence-corrected chi connectivity index (χ4v) is 3.55. The zero-order chi connectivity index (χ0) is 16.0. The Morgan fingerprint density at radius 1 is 1.17 bits per heavy atom. The second-order valence-electron chi connectivity index (χ2n) is 6.24. The molecule has 1 aromatic carbocycles. The first-order valence-electron chi connectivity index (χ1n) is 8.03. The van der Waals surface area contributed by atoms with Crippen molar-refractivity contribution in [3.8, 4) is 0 Å². The Bertz CT molecular complexity index is 951. The third-order valence-electron chi connectivity index (χ3n) is 4.75. The zero-order valence-electron chi connectivity index (χ0n) is 13.0. The molecule has 23 heavy (non-hydrogen) atoms. The number of rotatable bonds is 2. The molecule has 0 radical (unpaired) electrons. The Balaban J connectivity index is 1.97. The van der Waals surface area contributed by atoms with Crippen molar-refractivity contribution in [1.82, 2.24) is 9.38 Å². The van der Waals surface area contributed by atoms with Crippen LogP contribution in [0.3, 0.4) is 0 Å². The predicted molar refractivity (Wildman–Crippen MR) is 89.2 cm³/mol. The molecule has 4 heteroatoms. The molecule has 4 rings (SSSR count). The number of nitrogens with one attached hydrogen (secondary N) is 1. The van der Waals surface area contributed by atoms with E-state index in [2.05, 4.69) is 11.9 Å². The van der Waals surface area contributed by atoms with Crippen LogP contribution in [0.1, 0.15) is 53.0 Å². The van der Waals surface area contributed by atoms with Crippen LogP contribution in [0.5, 0.6) is 0 Å². The number of nitrogens with zero attached hydrogens (tertiary/aromatic N) is 1. The number of aromatic nitrogens is 2. The molecule has 0 fully saturated rings. The number of benzene rings is 1. The number of hydrogen-bond donors (Lipinski definition) is 1. The van der Waals surface area contributed by atoms with Crippen LogP contribution in [0.25, 0.3) is 5.65 Å². The Kier molecular flexibility index (Phi) is 3.18. The summed E-state index contributed by atoms with van der Waals surface area (Å²) < 4.78 is 1.70. The van der Waals surface area contributed by atoms with Gasteiger partial charge in [-0.05, 0) is 31.2 Å². The average Bonchev–Trinajstić information content (AvgIpc) is 2.97. The first-order valence-corrected chi connectivity index (χ1v) is 8.03. The van der Waals surface area contributed by atoms with E-state index in [0.717, 1.165) is 30.7 Å². The number of aromatic amines is 1. The summed E-state index contributed by atoms with van der Waals surface area (Å²) in [5.41, 5.74) is 3.88. The van der Waals surface area contributed by atoms with Crippen molar-refractivity contribution in [3.05, 3.63) is 75.3 Å². The third kappa shape index (κ3) is 2.13. The summed E-state index contributed by atoms with van der Waals surface area (Å²) in [5.74, 6) is 0.326. The van der Waals surface area contributed by atoms with Crippen molar-refractivity contribution < 1.29 is 4.79 Å². The minimum atomic E-state index is -0.0730.